The number of fused-ring (bicyclic) bond motifs is 1. The normalized spacial score (nSPS) is 10.8. The largest absolute Gasteiger partial charge is 0.329 e. The third-order valence-corrected chi connectivity index (χ3v) is 2.94. The first-order valence-electron chi connectivity index (χ1n) is 5.72. The van der Waals surface area contributed by atoms with Gasteiger partial charge in [-0.05, 0) is 0 Å². The molecule has 1 N–H and O–H groups in total. The second-order valence-corrected chi connectivity index (χ2v) is 4.34. The highest BCUT2D eigenvalue weighted by molar-refractivity contribution is 6.12. The molecule has 2 amide bonds. The minimum Gasteiger partial charge on any atom is -0.298 e. The molecule has 0 bridgehead atoms. The van der Waals surface area contributed by atoms with Gasteiger partial charge in [-0.15, -0.1) is 0 Å². The molecule has 0 aliphatic rings. The number of hydrogen-bond donors (Lipinski definition) is 1. The molecule has 2 aromatic rings. The number of imidazole rings is 1. The van der Waals surface area contributed by atoms with Crippen molar-refractivity contribution in [3.05, 3.63) is 20.8 Å². The number of imide groups is 1. The number of anilines is 1. The van der Waals surface area contributed by atoms with Crippen molar-refractivity contribution in [1.82, 2.24) is 19.1 Å². The molecule has 9 heteroatoms. The number of nitrogens with zero attached hydrogens (tertiary/aromatic N) is 4. The molecule has 20 heavy (non-hydrogen) atoms. The maximum Gasteiger partial charge on any atom is 0.329 e. The van der Waals surface area contributed by atoms with Gasteiger partial charge in [-0.3, -0.25) is 28.5 Å². The molecule has 0 fully saturated rings. The lowest BCUT2D eigenvalue weighted by molar-refractivity contribution is -0.124. The van der Waals surface area contributed by atoms with E-state index in [1.54, 1.807) is 0 Å². The zero-order chi connectivity index (χ0) is 15.2. The Bertz CT molecular complexity index is 827. The van der Waals surface area contributed by atoms with Gasteiger partial charge in [0.15, 0.2) is 5.52 Å². The predicted octanol–water partition coefficient (Wildman–Crippen LogP) is -1.14. The second kappa shape index (κ2) is 4.44. The molecule has 0 aliphatic heterocycles. The van der Waals surface area contributed by atoms with E-state index in [9.17, 15) is 19.2 Å². The van der Waals surface area contributed by atoms with Crippen LogP contribution in [0.5, 0.6) is 0 Å². The van der Waals surface area contributed by atoms with Crippen LogP contribution in [-0.4, -0.2) is 30.9 Å². The summed E-state index contributed by atoms with van der Waals surface area (Å²) in [6.07, 6.45) is 0. The van der Waals surface area contributed by atoms with Crippen molar-refractivity contribution in [3.63, 3.8) is 0 Å². The van der Waals surface area contributed by atoms with E-state index in [0.29, 0.717) is 0 Å². The van der Waals surface area contributed by atoms with Crippen molar-refractivity contribution >= 4 is 28.9 Å². The van der Waals surface area contributed by atoms with Gasteiger partial charge in [0.2, 0.25) is 17.8 Å². The average Bonchev–Trinajstić information content (AvgIpc) is 2.65. The molecule has 106 valence electrons. The Morgan fingerprint density at radius 1 is 1.10 bits per heavy atom. The molecule has 2 aromatic heterocycles. The summed E-state index contributed by atoms with van der Waals surface area (Å²) in [5.41, 5.74) is -1.07. The summed E-state index contributed by atoms with van der Waals surface area (Å²) < 4.78 is 2.19. The molecule has 0 aromatic carbocycles. The topological polar surface area (TPSA) is 110 Å². The van der Waals surface area contributed by atoms with E-state index in [-0.39, 0.29) is 17.1 Å². The number of H-pyrrole nitrogens is 1. The lowest BCUT2D eigenvalue weighted by Crippen LogP contribution is -2.35. The van der Waals surface area contributed by atoms with Gasteiger partial charge in [0.1, 0.15) is 5.65 Å². The molecule has 2 rings (SSSR count). The fraction of sp³-hybridized carbons (Fsp3) is 0.364. The first-order valence-corrected chi connectivity index (χ1v) is 5.72. The number of carbonyl (C=O) groups is 2. The predicted molar refractivity (Wildman–Crippen MR) is 70.4 cm³/mol. The van der Waals surface area contributed by atoms with Crippen molar-refractivity contribution in [2.45, 2.75) is 13.8 Å². The van der Waals surface area contributed by atoms with E-state index < -0.39 is 23.1 Å². The standard InChI is InChI=1S/C11H13N5O4/c1-5(17)16(6(2)18)10-12-7-8(14(10)3)13-11(20)15(4)9(7)19/h1-4H3,(H,13,20). The minimum absolute atomic E-state index is 0.0149. The SMILES string of the molecule is CC(=O)N(C(C)=O)c1nc2c(=O)n(C)c(=O)[nH]c2n1C. The van der Waals surface area contributed by atoms with E-state index in [4.69, 9.17) is 0 Å². The van der Waals surface area contributed by atoms with Crippen LogP contribution in [0, 0.1) is 0 Å². The van der Waals surface area contributed by atoms with E-state index in [1.165, 1.54) is 32.5 Å². The Labute approximate surface area is 112 Å². The minimum atomic E-state index is -0.603. The van der Waals surface area contributed by atoms with Gasteiger partial charge in [-0.2, -0.15) is 0 Å². The quantitative estimate of drug-likeness (QED) is 0.709. The number of amides is 2. The van der Waals surface area contributed by atoms with Crippen molar-refractivity contribution in [2.75, 3.05) is 4.90 Å². The van der Waals surface area contributed by atoms with Gasteiger partial charge in [0, 0.05) is 27.9 Å². The van der Waals surface area contributed by atoms with Crippen molar-refractivity contribution < 1.29 is 9.59 Å². The van der Waals surface area contributed by atoms with Crippen LogP contribution in [0.1, 0.15) is 13.8 Å². The van der Waals surface area contributed by atoms with E-state index in [0.717, 1.165) is 9.47 Å². The van der Waals surface area contributed by atoms with Crippen LogP contribution in [0.15, 0.2) is 9.59 Å². The molecule has 0 saturated heterocycles. The summed E-state index contributed by atoms with van der Waals surface area (Å²) in [6, 6.07) is 0. The molecule has 0 atom stereocenters. The highest BCUT2D eigenvalue weighted by Gasteiger charge is 2.24. The van der Waals surface area contributed by atoms with E-state index >= 15 is 0 Å². The maximum absolute atomic E-state index is 12.0. The maximum atomic E-state index is 12.0. The molecular formula is C11H13N5O4. The number of aromatic nitrogens is 4. The van der Waals surface area contributed by atoms with Crippen LogP contribution in [0.3, 0.4) is 0 Å². The number of aromatic amines is 1. The van der Waals surface area contributed by atoms with Crippen LogP contribution < -0.4 is 16.1 Å². The van der Waals surface area contributed by atoms with Crippen LogP contribution in [0.4, 0.5) is 5.95 Å². The fourth-order valence-electron chi connectivity index (χ4n) is 1.92. The third kappa shape index (κ3) is 1.83. The smallest absolute Gasteiger partial charge is 0.298 e. The first-order chi connectivity index (χ1) is 9.25. The Kier molecular flexibility index (Phi) is 3.04. The Morgan fingerprint density at radius 3 is 2.15 bits per heavy atom. The van der Waals surface area contributed by atoms with Gasteiger partial charge < -0.3 is 0 Å². The number of hydrogen-bond acceptors (Lipinski definition) is 5. The van der Waals surface area contributed by atoms with Crippen molar-refractivity contribution in [1.29, 1.82) is 0 Å². The molecule has 2 heterocycles. The van der Waals surface area contributed by atoms with Crippen LogP contribution in [-0.2, 0) is 23.7 Å². The molecule has 0 radical (unpaired) electrons. The highest BCUT2D eigenvalue weighted by atomic mass is 16.2. The number of nitrogens with one attached hydrogen (secondary N) is 1. The number of aryl methyl sites for hydroxylation is 1. The molecular weight excluding hydrogens is 266 g/mol. The lowest BCUT2D eigenvalue weighted by atomic mass is 10.5. The first kappa shape index (κ1) is 13.7. The third-order valence-electron chi connectivity index (χ3n) is 2.94. The Hall–Kier alpha value is -2.71. The van der Waals surface area contributed by atoms with Crippen LogP contribution >= 0.6 is 0 Å². The van der Waals surface area contributed by atoms with Crippen LogP contribution in [0.25, 0.3) is 11.2 Å². The van der Waals surface area contributed by atoms with E-state index in [1.807, 2.05) is 0 Å². The molecule has 0 spiro atoms. The zero-order valence-corrected chi connectivity index (χ0v) is 11.4. The summed E-state index contributed by atoms with van der Waals surface area (Å²) in [7, 11) is 2.81. The summed E-state index contributed by atoms with van der Waals surface area (Å²) in [6.45, 7) is 2.42. The van der Waals surface area contributed by atoms with Gasteiger partial charge >= 0.3 is 5.69 Å². The summed E-state index contributed by atoms with van der Waals surface area (Å²) in [5.74, 6) is -1.08. The van der Waals surface area contributed by atoms with E-state index in [2.05, 4.69) is 9.97 Å². The van der Waals surface area contributed by atoms with Gasteiger partial charge in [0.25, 0.3) is 5.56 Å². The monoisotopic (exact) mass is 279 g/mol. The Balaban J connectivity index is 2.88. The molecule has 0 unspecified atom stereocenters. The number of carbonyl (C=O) groups excluding carboxylic acids is 2. The lowest BCUT2D eigenvalue weighted by Gasteiger charge is -2.15. The van der Waals surface area contributed by atoms with Gasteiger partial charge in [-0.25, -0.2) is 14.7 Å². The molecule has 0 saturated carbocycles. The zero-order valence-electron chi connectivity index (χ0n) is 11.4. The summed E-state index contributed by atoms with van der Waals surface area (Å²) in [4.78, 5) is 53.9. The van der Waals surface area contributed by atoms with Crippen molar-refractivity contribution in [3.8, 4) is 0 Å². The Morgan fingerprint density at radius 2 is 1.65 bits per heavy atom. The molecule has 0 aliphatic carbocycles. The van der Waals surface area contributed by atoms with Crippen LogP contribution in [0.2, 0.25) is 0 Å². The summed E-state index contributed by atoms with van der Waals surface area (Å²) >= 11 is 0. The molecule has 9 nitrogen and oxygen atoms in total. The fourth-order valence-corrected chi connectivity index (χ4v) is 1.92. The summed E-state index contributed by atoms with van der Waals surface area (Å²) in [5, 5.41) is 0. The van der Waals surface area contributed by atoms with Gasteiger partial charge in [-0.1, -0.05) is 0 Å². The number of rotatable bonds is 1. The average molecular weight is 279 g/mol. The highest BCUT2D eigenvalue weighted by Crippen LogP contribution is 2.17. The second-order valence-electron chi connectivity index (χ2n) is 4.34. The van der Waals surface area contributed by atoms with Gasteiger partial charge in [0.05, 0.1) is 0 Å². The van der Waals surface area contributed by atoms with Crippen molar-refractivity contribution in [2.24, 2.45) is 14.1 Å².